The monoisotopic (exact) mass is 1090 g/mol. The van der Waals surface area contributed by atoms with E-state index in [0.717, 1.165) is 19.3 Å². The van der Waals surface area contributed by atoms with Gasteiger partial charge in [-0.2, -0.15) is 0 Å². The summed E-state index contributed by atoms with van der Waals surface area (Å²) in [5.74, 6) is 0.507. The van der Waals surface area contributed by atoms with Crippen LogP contribution in [0.3, 0.4) is 0 Å². The van der Waals surface area contributed by atoms with Crippen LogP contribution in [0.5, 0.6) is 0 Å². The minimum atomic E-state index is -0.210. The molecule has 2 heterocycles. The minimum absolute atomic E-state index is 0.00599. The van der Waals surface area contributed by atoms with E-state index in [1.54, 1.807) is 11.1 Å². The summed E-state index contributed by atoms with van der Waals surface area (Å²) in [6, 6.07) is 57.1. The van der Waals surface area contributed by atoms with Crippen molar-refractivity contribution in [3.8, 4) is 11.1 Å². The lowest BCUT2D eigenvalue weighted by atomic mass is 9.33. The summed E-state index contributed by atoms with van der Waals surface area (Å²) in [4.78, 5) is 5.53. The highest BCUT2D eigenvalue weighted by atomic mass is 15.2. The third-order valence-electron chi connectivity index (χ3n) is 23.7. The Kier molecular flexibility index (Phi) is 11.2. The highest BCUT2D eigenvalue weighted by molar-refractivity contribution is 7.00. The summed E-state index contributed by atoms with van der Waals surface area (Å²) in [5, 5.41) is 0. The van der Waals surface area contributed by atoms with E-state index < -0.39 is 0 Å². The van der Waals surface area contributed by atoms with Crippen molar-refractivity contribution < 1.29 is 0 Å². The first kappa shape index (κ1) is 53.2. The zero-order chi connectivity index (χ0) is 57.9. The Morgan fingerprint density at radius 3 is 1.82 bits per heavy atom. The lowest BCUT2D eigenvalue weighted by Crippen LogP contribution is -2.62. The van der Waals surface area contributed by atoms with Crippen LogP contribution in [0.1, 0.15) is 219 Å². The van der Waals surface area contributed by atoms with Crippen LogP contribution < -0.4 is 26.2 Å². The van der Waals surface area contributed by atoms with Crippen molar-refractivity contribution in [3.05, 3.63) is 217 Å². The van der Waals surface area contributed by atoms with Crippen molar-refractivity contribution in [3.63, 3.8) is 0 Å². The first-order valence-electron chi connectivity index (χ1n) is 32.0. The average Bonchev–Trinajstić information content (AvgIpc) is 1.49. The number of nitrogens with zero attached hydrogens (tertiary/aromatic N) is 2. The van der Waals surface area contributed by atoms with Gasteiger partial charge in [0.15, 0.2) is 0 Å². The van der Waals surface area contributed by atoms with E-state index in [1.807, 2.05) is 0 Å². The normalized spacial score (nSPS) is 22.9. The Balaban J connectivity index is 0.978. The van der Waals surface area contributed by atoms with Crippen LogP contribution in [-0.4, -0.2) is 6.71 Å². The van der Waals surface area contributed by atoms with Crippen molar-refractivity contribution in [1.82, 2.24) is 0 Å². The lowest BCUT2D eigenvalue weighted by Gasteiger charge is -2.49. The van der Waals surface area contributed by atoms with Gasteiger partial charge in [-0.05, 0) is 228 Å². The van der Waals surface area contributed by atoms with E-state index in [2.05, 4.69) is 253 Å². The van der Waals surface area contributed by atoms with Crippen molar-refractivity contribution in [2.75, 3.05) is 9.80 Å². The molecular weight excluding hydrogens is 1000 g/mol. The van der Waals surface area contributed by atoms with Gasteiger partial charge in [-0.1, -0.05) is 206 Å². The molecule has 0 amide bonds. The van der Waals surface area contributed by atoms with Gasteiger partial charge in [0.05, 0.1) is 5.69 Å². The highest BCUT2D eigenvalue weighted by Crippen LogP contribution is 2.67. The number of anilines is 6. The molecular formula is C80H87BN2. The van der Waals surface area contributed by atoms with Gasteiger partial charge in [0.25, 0.3) is 6.71 Å². The molecule has 3 atom stereocenters. The fraction of sp³-hybridized carbons (Fsp3) is 0.400. The molecule has 1 saturated carbocycles. The molecule has 15 rings (SSSR count). The summed E-state index contributed by atoms with van der Waals surface area (Å²) in [7, 11) is 0. The summed E-state index contributed by atoms with van der Waals surface area (Å²) >= 11 is 0. The van der Waals surface area contributed by atoms with Crippen LogP contribution in [0.25, 0.3) is 11.1 Å². The van der Waals surface area contributed by atoms with Gasteiger partial charge in [0.1, 0.15) is 0 Å². The van der Waals surface area contributed by atoms with Crippen molar-refractivity contribution in [1.29, 1.82) is 0 Å². The number of fused-ring (bicyclic) bond motifs is 13. The molecule has 0 aromatic heterocycles. The quantitative estimate of drug-likeness (QED) is 0.159. The summed E-state index contributed by atoms with van der Waals surface area (Å²) < 4.78 is 0. The topological polar surface area (TPSA) is 6.48 Å². The molecule has 0 saturated heterocycles. The molecule has 0 radical (unpaired) electrons. The highest BCUT2D eigenvalue weighted by Gasteiger charge is 2.58. The molecule has 83 heavy (non-hydrogen) atoms. The molecule has 8 aromatic rings. The predicted octanol–water partition coefficient (Wildman–Crippen LogP) is 19.1. The van der Waals surface area contributed by atoms with E-state index in [4.69, 9.17) is 0 Å². The Morgan fingerprint density at radius 2 is 1.11 bits per heavy atom. The van der Waals surface area contributed by atoms with Gasteiger partial charge in [-0.25, -0.2) is 0 Å². The maximum Gasteiger partial charge on any atom is 0.252 e. The van der Waals surface area contributed by atoms with Gasteiger partial charge in [0, 0.05) is 44.8 Å². The Bertz CT molecular complexity index is 4100. The summed E-state index contributed by atoms with van der Waals surface area (Å²) in [6.07, 6.45) is 10.7. The van der Waals surface area contributed by atoms with Crippen LogP contribution in [0.4, 0.5) is 34.1 Å². The smallest absolute Gasteiger partial charge is 0.252 e. The van der Waals surface area contributed by atoms with Crippen LogP contribution in [0.2, 0.25) is 0 Å². The zero-order valence-electron chi connectivity index (χ0n) is 52.7. The van der Waals surface area contributed by atoms with Crippen LogP contribution >= 0.6 is 0 Å². The van der Waals surface area contributed by atoms with Crippen molar-refractivity contribution in [2.45, 2.75) is 200 Å². The molecule has 420 valence electrons. The van der Waals surface area contributed by atoms with Crippen LogP contribution in [0, 0.1) is 19.3 Å². The molecule has 0 spiro atoms. The van der Waals surface area contributed by atoms with Crippen molar-refractivity contribution in [2.24, 2.45) is 5.41 Å². The van der Waals surface area contributed by atoms with E-state index in [9.17, 15) is 0 Å². The maximum absolute atomic E-state index is 2.76. The number of hydrogen-bond acceptors (Lipinski definition) is 2. The second kappa shape index (κ2) is 17.5. The zero-order valence-corrected chi connectivity index (χ0v) is 52.7. The first-order chi connectivity index (χ1) is 39.3. The van der Waals surface area contributed by atoms with Crippen molar-refractivity contribution >= 4 is 57.2 Å². The number of aryl methyl sites for hydroxylation is 3. The summed E-state index contributed by atoms with van der Waals surface area (Å²) in [6.45, 7) is 37.2. The molecule has 8 aromatic carbocycles. The molecule has 2 nitrogen and oxygen atoms in total. The van der Waals surface area contributed by atoms with Gasteiger partial charge in [-0.15, -0.1) is 0 Å². The largest absolute Gasteiger partial charge is 0.311 e. The Morgan fingerprint density at radius 1 is 0.494 bits per heavy atom. The van der Waals surface area contributed by atoms with Gasteiger partial charge in [-0.3, -0.25) is 0 Å². The molecule has 1 fully saturated rings. The molecule has 3 unspecified atom stereocenters. The predicted molar refractivity (Wildman–Crippen MR) is 354 cm³/mol. The second-order valence-electron chi connectivity index (χ2n) is 31.2. The molecule has 7 aliphatic rings. The van der Waals surface area contributed by atoms with E-state index in [-0.39, 0.29) is 44.6 Å². The van der Waals surface area contributed by atoms with Gasteiger partial charge in [0.2, 0.25) is 0 Å². The molecule has 0 N–H and O–H groups in total. The fourth-order valence-corrected chi connectivity index (χ4v) is 18.6. The molecule has 0 bridgehead atoms. The SMILES string of the molecule is Cc1cc2c3c(c1)N(c1cccc4c1-c1ccccc1C4)c1cc(CCC4c5ccc(C(C)(C)C)cc5C5(C)CCCCC45C)ccc1B3c1cc3c(cc1N2c1cc2c(cc1C)C(C)(C)CCC2(C)C)C(C)(C)c1ccccc1C3(C)C. The molecule has 3 heteroatoms. The number of hydrogen-bond donors (Lipinski definition) is 0. The Hall–Kier alpha value is -6.58. The Labute approximate surface area is 498 Å². The average molecular weight is 1090 g/mol. The number of rotatable bonds is 5. The number of benzene rings is 8. The van der Waals surface area contributed by atoms with Gasteiger partial charge < -0.3 is 9.80 Å². The molecule has 2 aliphatic heterocycles. The van der Waals surface area contributed by atoms with Crippen LogP contribution in [0.15, 0.2) is 140 Å². The maximum atomic E-state index is 2.76. The minimum Gasteiger partial charge on any atom is -0.311 e. The van der Waals surface area contributed by atoms with Crippen LogP contribution in [-0.2, 0) is 45.3 Å². The third kappa shape index (κ3) is 7.34. The lowest BCUT2D eigenvalue weighted by molar-refractivity contribution is 0.0763. The second-order valence-corrected chi connectivity index (χ2v) is 31.2. The standard InChI is InChI=1S/C80H87BN2/c1-48-39-70-73-71(40-48)83(67-46-61-60(41-49(67)2)75(6,7)37-38-76(61,8)9)69-47-63-62(77(10,11)57-26-18-19-27-58(57)78(63,12)13)45-65(69)81(73)64-34-30-50(42-68(64)82(70)66-28-22-24-52-43-51-23-16-17-25-54(51)72(52)66)29-33-56-55-32-31-53(74(3,4)5)44-59(55)80(15)36-21-20-35-79(56,80)14/h16-19,22-28,30-32,34,39-42,44-47,56H,20-21,29,33,35-38,43H2,1-15H3. The first-order valence-corrected chi connectivity index (χ1v) is 32.0. The summed E-state index contributed by atoms with van der Waals surface area (Å²) in [5.41, 5.74) is 35.6. The fourth-order valence-electron chi connectivity index (χ4n) is 18.6. The third-order valence-corrected chi connectivity index (χ3v) is 23.7. The van der Waals surface area contributed by atoms with Gasteiger partial charge >= 0.3 is 0 Å². The van der Waals surface area contributed by atoms with E-state index in [0.29, 0.717) is 5.92 Å². The van der Waals surface area contributed by atoms with E-state index in [1.165, 1.54) is 167 Å². The van der Waals surface area contributed by atoms with E-state index >= 15 is 0 Å². The molecule has 5 aliphatic carbocycles.